The second-order valence-electron chi connectivity index (χ2n) is 5.39. The van der Waals surface area contributed by atoms with Gasteiger partial charge in [-0.1, -0.05) is 29.8 Å². The van der Waals surface area contributed by atoms with Crippen LogP contribution in [0.3, 0.4) is 0 Å². The summed E-state index contributed by atoms with van der Waals surface area (Å²) in [6.07, 6.45) is 1.40. The van der Waals surface area contributed by atoms with Crippen LogP contribution in [0.25, 0.3) is 0 Å². The molecule has 0 saturated heterocycles. The fraction of sp³-hybridized carbons (Fsp3) is 0.111. The number of pyridine rings is 1. The van der Waals surface area contributed by atoms with Crippen molar-refractivity contribution in [2.75, 3.05) is 10.6 Å². The number of hydrogen-bond acceptors (Lipinski definition) is 4. The van der Waals surface area contributed by atoms with Crippen LogP contribution in [-0.2, 0) is 6.54 Å². The van der Waals surface area contributed by atoms with Gasteiger partial charge in [0.2, 0.25) is 0 Å². The summed E-state index contributed by atoms with van der Waals surface area (Å²) in [5.41, 5.74) is 2.08. The average molecular weight is 323 g/mol. The summed E-state index contributed by atoms with van der Waals surface area (Å²) in [5, 5.41) is 5.66. The monoisotopic (exact) mass is 323 g/mol. The van der Waals surface area contributed by atoms with Crippen molar-refractivity contribution in [2.45, 2.75) is 13.5 Å². The first-order chi connectivity index (χ1) is 11.6. The Morgan fingerprint density at radius 3 is 2.58 bits per heavy atom. The minimum Gasteiger partial charge on any atom is -0.459 e. The Balaban J connectivity index is 1.65. The summed E-state index contributed by atoms with van der Waals surface area (Å²) in [6.45, 7) is 2.62. The van der Waals surface area contributed by atoms with Gasteiger partial charge in [-0.15, -0.1) is 0 Å². The van der Waals surface area contributed by atoms with Gasteiger partial charge in [0, 0.05) is 6.54 Å². The first kappa shape index (κ1) is 15.6. The molecule has 0 saturated carbocycles. The maximum Gasteiger partial charge on any atom is 0.291 e. The second-order valence-corrected chi connectivity index (χ2v) is 5.39. The number of carbonyl (C=O) groups excluding carboxylic acids is 1. The van der Waals surface area contributed by atoms with Crippen molar-refractivity contribution in [3.05, 3.63) is 82.0 Å². The van der Waals surface area contributed by atoms with E-state index in [1.807, 2.05) is 31.2 Å². The first-order valence-corrected chi connectivity index (χ1v) is 7.49. The van der Waals surface area contributed by atoms with Crippen LogP contribution < -0.4 is 16.2 Å². The van der Waals surface area contributed by atoms with Crippen molar-refractivity contribution >= 4 is 17.4 Å². The molecule has 1 amide bonds. The third-order valence-corrected chi connectivity index (χ3v) is 3.51. The molecular weight excluding hydrogens is 306 g/mol. The number of aromatic nitrogens is 1. The van der Waals surface area contributed by atoms with Crippen LogP contribution in [0.5, 0.6) is 0 Å². The zero-order valence-electron chi connectivity index (χ0n) is 13.1. The Kier molecular flexibility index (Phi) is 4.47. The van der Waals surface area contributed by atoms with E-state index >= 15 is 0 Å². The Bertz CT molecular complexity index is 881. The summed E-state index contributed by atoms with van der Waals surface area (Å²) in [7, 11) is 0. The highest BCUT2D eigenvalue weighted by molar-refractivity contribution is 6.02. The number of furan rings is 1. The molecule has 3 aromatic rings. The van der Waals surface area contributed by atoms with Crippen LogP contribution in [0, 0.1) is 6.92 Å². The molecule has 122 valence electrons. The van der Waals surface area contributed by atoms with Crippen molar-refractivity contribution in [3.8, 4) is 0 Å². The van der Waals surface area contributed by atoms with Crippen molar-refractivity contribution in [1.29, 1.82) is 0 Å². The van der Waals surface area contributed by atoms with Crippen LogP contribution in [0.15, 0.2) is 64.0 Å². The average Bonchev–Trinajstić information content (AvgIpc) is 3.11. The number of aryl methyl sites for hydroxylation is 1. The lowest BCUT2D eigenvalue weighted by atomic mass is 10.1. The highest BCUT2D eigenvalue weighted by Crippen LogP contribution is 2.10. The lowest BCUT2D eigenvalue weighted by Crippen LogP contribution is -2.20. The lowest BCUT2D eigenvalue weighted by molar-refractivity contribution is 0.0996. The maximum absolute atomic E-state index is 12.1. The summed E-state index contributed by atoms with van der Waals surface area (Å²) in [4.78, 5) is 26.6. The van der Waals surface area contributed by atoms with Gasteiger partial charge in [0.25, 0.3) is 11.5 Å². The molecule has 3 N–H and O–H groups in total. The van der Waals surface area contributed by atoms with E-state index in [0.29, 0.717) is 12.4 Å². The number of carbonyl (C=O) groups is 1. The van der Waals surface area contributed by atoms with Crippen molar-refractivity contribution in [1.82, 2.24) is 4.98 Å². The predicted molar refractivity (Wildman–Crippen MR) is 92.2 cm³/mol. The second kappa shape index (κ2) is 6.87. The van der Waals surface area contributed by atoms with Crippen molar-refractivity contribution in [2.24, 2.45) is 0 Å². The van der Waals surface area contributed by atoms with E-state index in [4.69, 9.17) is 4.42 Å². The zero-order chi connectivity index (χ0) is 16.9. The Morgan fingerprint density at radius 2 is 1.92 bits per heavy atom. The van der Waals surface area contributed by atoms with E-state index in [0.717, 1.165) is 5.56 Å². The number of anilines is 2. The molecule has 0 fully saturated rings. The number of rotatable bonds is 5. The van der Waals surface area contributed by atoms with Gasteiger partial charge in [-0.3, -0.25) is 9.59 Å². The number of hydrogen-bond donors (Lipinski definition) is 3. The van der Waals surface area contributed by atoms with Crippen LogP contribution in [-0.4, -0.2) is 10.9 Å². The third-order valence-electron chi connectivity index (χ3n) is 3.51. The molecule has 0 aliphatic rings. The third kappa shape index (κ3) is 3.73. The summed E-state index contributed by atoms with van der Waals surface area (Å²) >= 11 is 0. The van der Waals surface area contributed by atoms with Gasteiger partial charge in [0.05, 0.1) is 6.26 Å². The molecule has 0 spiro atoms. The smallest absolute Gasteiger partial charge is 0.291 e. The molecule has 0 aliphatic carbocycles. The molecular formula is C18H17N3O3. The zero-order valence-corrected chi connectivity index (χ0v) is 13.1. The molecule has 2 heterocycles. The number of benzene rings is 1. The largest absolute Gasteiger partial charge is 0.459 e. The number of amides is 1. The van der Waals surface area contributed by atoms with E-state index < -0.39 is 5.91 Å². The summed E-state index contributed by atoms with van der Waals surface area (Å²) < 4.78 is 4.99. The number of H-pyrrole nitrogens is 1. The van der Waals surface area contributed by atoms with Crippen molar-refractivity contribution < 1.29 is 9.21 Å². The fourth-order valence-electron chi connectivity index (χ4n) is 2.17. The molecule has 24 heavy (non-hydrogen) atoms. The molecule has 1 aromatic carbocycles. The van der Waals surface area contributed by atoms with Gasteiger partial charge in [-0.2, -0.15) is 0 Å². The minimum absolute atomic E-state index is 0.149. The van der Waals surface area contributed by atoms with Gasteiger partial charge < -0.3 is 20.0 Å². The van der Waals surface area contributed by atoms with Crippen LogP contribution in [0.2, 0.25) is 0 Å². The van der Waals surface area contributed by atoms with Crippen LogP contribution >= 0.6 is 0 Å². The predicted octanol–water partition coefficient (Wildman–Crippen LogP) is 3.14. The maximum atomic E-state index is 12.1. The van der Waals surface area contributed by atoms with E-state index in [9.17, 15) is 9.59 Å². The van der Waals surface area contributed by atoms with Gasteiger partial charge in [-0.25, -0.2) is 0 Å². The summed E-state index contributed by atoms with van der Waals surface area (Å²) in [5.74, 6) is 0.262. The molecule has 6 heteroatoms. The van der Waals surface area contributed by atoms with E-state index in [-0.39, 0.29) is 17.0 Å². The normalized spacial score (nSPS) is 10.4. The highest BCUT2D eigenvalue weighted by Gasteiger charge is 2.11. The number of aromatic amines is 1. The molecule has 0 atom stereocenters. The molecule has 0 radical (unpaired) electrons. The first-order valence-electron chi connectivity index (χ1n) is 7.49. The fourth-order valence-corrected chi connectivity index (χ4v) is 2.17. The van der Waals surface area contributed by atoms with E-state index in [2.05, 4.69) is 15.6 Å². The SMILES string of the molecule is Cc1ccc(CNc2ccc(NC(=O)c3ccco3)c(=O)[nH]2)cc1. The summed E-state index contributed by atoms with van der Waals surface area (Å²) in [6, 6.07) is 14.5. The topological polar surface area (TPSA) is 87.1 Å². The van der Waals surface area contributed by atoms with E-state index in [1.54, 1.807) is 18.2 Å². The Hall–Kier alpha value is -3.28. The van der Waals surface area contributed by atoms with Crippen LogP contribution in [0.4, 0.5) is 11.5 Å². The van der Waals surface area contributed by atoms with Gasteiger partial charge in [0.1, 0.15) is 11.5 Å². The molecule has 2 aromatic heterocycles. The van der Waals surface area contributed by atoms with Gasteiger partial charge >= 0.3 is 0 Å². The van der Waals surface area contributed by atoms with E-state index in [1.165, 1.54) is 17.9 Å². The molecule has 0 bridgehead atoms. The standard InChI is InChI=1S/C18H17N3O3/c1-12-4-6-13(7-5-12)11-19-16-9-8-14(17(22)21-16)20-18(23)15-3-2-10-24-15/h2-10H,11H2,1H3,(H,20,23)(H2,19,21,22). The van der Waals surface area contributed by atoms with Crippen molar-refractivity contribution in [3.63, 3.8) is 0 Å². The molecule has 3 rings (SSSR count). The Labute approximate surface area is 138 Å². The highest BCUT2D eigenvalue weighted by atomic mass is 16.3. The lowest BCUT2D eigenvalue weighted by Gasteiger charge is -2.08. The molecule has 0 unspecified atom stereocenters. The molecule has 6 nitrogen and oxygen atoms in total. The van der Waals surface area contributed by atoms with Crippen LogP contribution in [0.1, 0.15) is 21.7 Å². The molecule has 0 aliphatic heterocycles. The van der Waals surface area contributed by atoms with Gasteiger partial charge in [-0.05, 0) is 36.8 Å². The minimum atomic E-state index is -0.467. The number of nitrogens with one attached hydrogen (secondary N) is 3. The Morgan fingerprint density at radius 1 is 1.12 bits per heavy atom. The van der Waals surface area contributed by atoms with Gasteiger partial charge in [0.15, 0.2) is 5.76 Å². The quantitative estimate of drug-likeness (QED) is 0.673.